The van der Waals surface area contributed by atoms with Gasteiger partial charge in [-0.3, -0.25) is 9.69 Å². The molecule has 2 atom stereocenters. The van der Waals surface area contributed by atoms with E-state index in [0.29, 0.717) is 17.5 Å². The summed E-state index contributed by atoms with van der Waals surface area (Å²) >= 11 is 0. The average Bonchev–Trinajstić information content (AvgIpc) is 3.23. The molecule has 0 saturated carbocycles. The lowest BCUT2D eigenvalue weighted by Gasteiger charge is -2.32. The summed E-state index contributed by atoms with van der Waals surface area (Å²) in [6.07, 6.45) is 4.73. The van der Waals surface area contributed by atoms with Crippen LogP contribution in [0, 0.1) is 6.92 Å². The van der Waals surface area contributed by atoms with Crippen molar-refractivity contribution in [2.45, 2.75) is 44.7 Å². The maximum absolute atomic E-state index is 12.5. The van der Waals surface area contributed by atoms with Gasteiger partial charge in [-0.1, -0.05) is 41.4 Å². The summed E-state index contributed by atoms with van der Waals surface area (Å²) < 4.78 is 5.28. The molecule has 2 aliphatic rings. The smallest absolute Gasteiger partial charge is 0.290 e. The fourth-order valence-corrected chi connectivity index (χ4v) is 3.90. The van der Waals surface area contributed by atoms with Gasteiger partial charge in [-0.2, -0.15) is 0 Å². The molecule has 126 valence electrons. The van der Waals surface area contributed by atoms with Crippen molar-refractivity contribution < 1.29 is 9.32 Å². The van der Waals surface area contributed by atoms with Gasteiger partial charge in [0.2, 0.25) is 5.76 Å². The van der Waals surface area contributed by atoms with Gasteiger partial charge < -0.3 is 9.84 Å². The molecule has 0 unspecified atom stereocenters. The molecule has 4 rings (SSSR count). The van der Waals surface area contributed by atoms with Crippen molar-refractivity contribution in [2.75, 3.05) is 13.1 Å². The minimum Gasteiger partial charge on any atom is -0.350 e. The lowest BCUT2D eigenvalue weighted by Crippen LogP contribution is -2.46. The molecule has 5 nitrogen and oxygen atoms in total. The number of carbonyl (C=O) groups is 1. The second kappa shape index (κ2) is 6.40. The zero-order valence-electron chi connectivity index (χ0n) is 14.0. The summed E-state index contributed by atoms with van der Waals surface area (Å²) in [5.74, 6) is 0.137. The Bertz CT molecular complexity index is 722. The van der Waals surface area contributed by atoms with Gasteiger partial charge in [0.05, 0.1) is 0 Å². The Morgan fingerprint density at radius 2 is 2.04 bits per heavy atom. The summed E-state index contributed by atoms with van der Waals surface area (Å²) in [5, 5.41) is 7.20. The van der Waals surface area contributed by atoms with E-state index in [0.717, 1.165) is 25.1 Å². The Balaban J connectivity index is 1.44. The number of fused-ring (bicyclic) bond motifs is 1. The van der Waals surface area contributed by atoms with E-state index in [9.17, 15) is 4.79 Å². The number of nitrogens with one attached hydrogen (secondary N) is 1. The fraction of sp³-hybridized carbons (Fsp3) is 0.474. The number of hydrogen-bond acceptors (Lipinski definition) is 4. The van der Waals surface area contributed by atoms with Crippen LogP contribution in [0.4, 0.5) is 0 Å². The molecule has 0 spiro atoms. The van der Waals surface area contributed by atoms with Gasteiger partial charge in [-0.15, -0.1) is 0 Å². The maximum Gasteiger partial charge on any atom is 0.290 e. The molecule has 2 aliphatic heterocycles. The SMILES string of the molecule is Cc1ccc(-c2cc(C(=O)N[C@@H]3CCN4CCCC[C@@H]34)on2)cc1. The molecule has 2 fully saturated rings. The van der Waals surface area contributed by atoms with Gasteiger partial charge in [0.25, 0.3) is 5.91 Å². The second-order valence-corrected chi connectivity index (χ2v) is 6.91. The predicted molar refractivity (Wildman–Crippen MR) is 91.8 cm³/mol. The number of carbonyl (C=O) groups excluding carboxylic acids is 1. The molecule has 1 aromatic heterocycles. The monoisotopic (exact) mass is 325 g/mol. The number of piperidine rings is 1. The zero-order chi connectivity index (χ0) is 16.5. The van der Waals surface area contributed by atoms with Crippen molar-refractivity contribution >= 4 is 5.91 Å². The number of amides is 1. The Hall–Kier alpha value is -2.14. The first-order valence-electron chi connectivity index (χ1n) is 8.79. The van der Waals surface area contributed by atoms with Gasteiger partial charge in [-0.05, 0) is 32.7 Å². The van der Waals surface area contributed by atoms with Crippen LogP contribution >= 0.6 is 0 Å². The van der Waals surface area contributed by atoms with E-state index in [4.69, 9.17) is 4.52 Å². The fourth-order valence-electron chi connectivity index (χ4n) is 3.90. The highest BCUT2D eigenvalue weighted by atomic mass is 16.5. The molecule has 24 heavy (non-hydrogen) atoms. The van der Waals surface area contributed by atoms with Crippen LogP contribution in [0.3, 0.4) is 0 Å². The highest BCUT2D eigenvalue weighted by molar-refractivity contribution is 5.92. The minimum atomic E-state index is -0.154. The first-order chi connectivity index (χ1) is 11.7. The van der Waals surface area contributed by atoms with E-state index in [2.05, 4.69) is 15.4 Å². The van der Waals surface area contributed by atoms with Crippen molar-refractivity contribution in [3.05, 3.63) is 41.7 Å². The molecule has 0 radical (unpaired) electrons. The molecule has 5 heteroatoms. The molecule has 1 N–H and O–H groups in total. The van der Waals surface area contributed by atoms with Gasteiger partial charge >= 0.3 is 0 Å². The van der Waals surface area contributed by atoms with E-state index < -0.39 is 0 Å². The standard InChI is InChI=1S/C19H23N3O2/c1-13-5-7-14(8-6-13)16-12-18(24-21-16)19(23)20-15-9-11-22-10-3-2-4-17(15)22/h5-8,12,15,17H,2-4,9-11H2,1H3,(H,20,23)/t15-,17+/m1/s1. The first-order valence-corrected chi connectivity index (χ1v) is 8.79. The summed E-state index contributed by atoms with van der Waals surface area (Å²) in [6, 6.07) is 10.5. The van der Waals surface area contributed by atoms with Crippen molar-refractivity contribution in [1.82, 2.24) is 15.4 Å². The van der Waals surface area contributed by atoms with Gasteiger partial charge in [-0.25, -0.2) is 0 Å². The Morgan fingerprint density at radius 3 is 2.88 bits per heavy atom. The third-order valence-corrected chi connectivity index (χ3v) is 5.25. The highest BCUT2D eigenvalue weighted by Crippen LogP contribution is 2.27. The van der Waals surface area contributed by atoms with Crippen LogP contribution in [0.5, 0.6) is 0 Å². The van der Waals surface area contributed by atoms with Crippen molar-refractivity contribution in [3.8, 4) is 11.3 Å². The van der Waals surface area contributed by atoms with Crippen LogP contribution in [0.2, 0.25) is 0 Å². The van der Waals surface area contributed by atoms with Crippen LogP contribution in [-0.2, 0) is 0 Å². The number of benzene rings is 1. The Kier molecular flexibility index (Phi) is 4.10. The van der Waals surface area contributed by atoms with Crippen LogP contribution in [0.25, 0.3) is 11.3 Å². The molecule has 1 amide bonds. The molecule has 2 saturated heterocycles. The predicted octanol–water partition coefficient (Wildman–Crippen LogP) is 3.01. The molecular formula is C19H23N3O2. The maximum atomic E-state index is 12.5. The van der Waals surface area contributed by atoms with Gasteiger partial charge in [0, 0.05) is 30.3 Å². The second-order valence-electron chi connectivity index (χ2n) is 6.91. The van der Waals surface area contributed by atoms with Crippen molar-refractivity contribution in [3.63, 3.8) is 0 Å². The Morgan fingerprint density at radius 1 is 1.21 bits per heavy atom. The number of rotatable bonds is 3. The average molecular weight is 325 g/mol. The van der Waals surface area contributed by atoms with E-state index in [1.165, 1.54) is 24.8 Å². The third-order valence-electron chi connectivity index (χ3n) is 5.25. The summed E-state index contributed by atoms with van der Waals surface area (Å²) in [4.78, 5) is 15.0. The third kappa shape index (κ3) is 2.96. The van der Waals surface area contributed by atoms with Crippen molar-refractivity contribution in [2.24, 2.45) is 0 Å². The lowest BCUT2D eigenvalue weighted by molar-refractivity contribution is 0.0878. The highest BCUT2D eigenvalue weighted by Gasteiger charge is 2.36. The minimum absolute atomic E-state index is 0.154. The van der Waals surface area contributed by atoms with E-state index in [-0.39, 0.29) is 11.9 Å². The largest absolute Gasteiger partial charge is 0.350 e. The quantitative estimate of drug-likeness (QED) is 0.942. The summed E-state index contributed by atoms with van der Waals surface area (Å²) in [6.45, 7) is 4.29. The van der Waals surface area contributed by atoms with Crippen LogP contribution in [0.1, 0.15) is 41.8 Å². The normalized spacial score (nSPS) is 23.9. The number of hydrogen-bond donors (Lipinski definition) is 1. The van der Waals surface area contributed by atoms with E-state index in [1.54, 1.807) is 6.07 Å². The van der Waals surface area contributed by atoms with Crippen LogP contribution < -0.4 is 5.32 Å². The molecule has 3 heterocycles. The molecule has 0 bridgehead atoms. The van der Waals surface area contributed by atoms with E-state index >= 15 is 0 Å². The lowest BCUT2D eigenvalue weighted by atomic mass is 9.99. The summed E-state index contributed by atoms with van der Waals surface area (Å²) in [7, 11) is 0. The summed E-state index contributed by atoms with van der Waals surface area (Å²) in [5.41, 5.74) is 2.85. The van der Waals surface area contributed by atoms with E-state index in [1.807, 2.05) is 31.2 Å². The number of nitrogens with zero attached hydrogens (tertiary/aromatic N) is 2. The first kappa shape index (κ1) is 15.4. The molecule has 0 aliphatic carbocycles. The van der Waals surface area contributed by atoms with Crippen LogP contribution in [-0.4, -0.2) is 41.1 Å². The van der Waals surface area contributed by atoms with Gasteiger partial charge in [0.15, 0.2) is 0 Å². The zero-order valence-corrected chi connectivity index (χ0v) is 14.0. The number of aryl methyl sites for hydroxylation is 1. The topological polar surface area (TPSA) is 58.4 Å². The number of aromatic nitrogens is 1. The van der Waals surface area contributed by atoms with Crippen LogP contribution in [0.15, 0.2) is 34.9 Å². The Labute approximate surface area is 142 Å². The molecule has 1 aromatic carbocycles. The molecule has 2 aromatic rings. The molecular weight excluding hydrogens is 302 g/mol. The van der Waals surface area contributed by atoms with Crippen molar-refractivity contribution in [1.29, 1.82) is 0 Å². The van der Waals surface area contributed by atoms with Gasteiger partial charge in [0.1, 0.15) is 5.69 Å².